The van der Waals surface area contributed by atoms with Gasteiger partial charge >= 0.3 is 12.1 Å². The number of carboxylic acid groups (broad SMARTS) is 1. The number of benzene rings is 1. The highest BCUT2D eigenvalue weighted by Gasteiger charge is 2.44. The highest BCUT2D eigenvalue weighted by molar-refractivity contribution is 5.94. The Bertz CT molecular complexity index is 794. The summed E-state index contributed by atoms with van der Waals surface area (Å²) < 4.78 is 31.7. The number of amides is 1. The maximum atomic E-state index is 13.0. The fraction of sp³-hybridized carbons (Fsp3) is 0.545. The molecule has 0 aliphatic carbocycles. The molecule has 2 aliphatic rings. The Balaban J connectivity index is 0.000000396. The number of aliphatic carboxylic acids is 1. The van der Waals surface area contributed by atoms with Gasteiger partial charge in [0.15, 0.2) is 0 Å². The van der Waals surface area contributed by atoms with Crippen LogP contribution < -0.4 is 0 Å². The smallest absolute Gasteiger partial charge is 0.475 e. The number of likely N-dealkylation sites (tertiary alicyclic amines) is 2. The van der Waals surface area contributed by atoms with E-state index in [1.165, 1.54) is 30.4 Å². The Morgan fingerprint density at radius 2 is 1.77 bits per heavy atom. The molecule has 5 nitrogen and oxygen atoms in total. The summed E-state index contributed by atoms with van der Waals surface area (Å²) in [4.78, 5) is 26.5. The summed E-state index contributed by atoms with van der Waals surface area (Å²) in [6, 6.07) is 6.07. The molecule has 1 atom stereocenters. The van der Waals surface area contributed by atoms with Crippen molar-refractivity contribution < 1.29 is 27.9 Å². The molecular weight excluding hydrogens is 397 g/mol. The minimum Gasteiger partial charge on any atom is -0.475 e. The van der Waals surface area contributed by atoms with Crippen LogP contribution in [0.3, 0.4) is 0 Å². The Morgan fingerprint density at radius 3 is 2.30 bits per heavy atom. The Kier molecular flexibility index (Phi) is 7.69. The third-order valence-electron chi connectivity index (χ3n) is 5.93. The number of carbonyl (C=O) groups is 2. The molecule has 3 rings (SSSR count). The van der Waals surface area contributed by atoms with E-state index in [1.54, 1.807) is 0 Å². The van der Waals surface area contributed by atoms with Crippen LogP contribution in [-0.4, -0.2) is 64.7 Å². The van der Waals surface area contributed by atoms with Crippen molar-refractivity contribution in [2.24, 2.45) is 0 Å². The lowest BCUT2D eigenvalue weighted by Crippen LogP contribution is -2.56. The number of aryl methyl sites for hydroxylation is 2. The number of halogens is 3. The fourth-order valence-corrected chi connectivity index (χ4v) is 4.24. The van der Waals surface area contributed by atoms with Crippen molar-refractivity contribution in [2.75, 3.05) is 26.2 Å². The van der Waals surface area contributed by atoms with Gasteiger partial charge in [0, 0.05) is 30.7 Å². The normalized spacial score (nSPS) is 21.8. The standard InChI is InChI=1S/C20H28N2O.C2HF3O2/c1-4-11-22-13-6-10-20(22)9-5-12-21(15-20)19(23)18-8-7-16(2)17(3)14-18;3-2(4,5)1(6)7/h4,7-8,14H,1,5-6,9-13,15H2,2-3H3;(H,6,7). The first-order valence-electron chi connectivity index (χ1n) is 10.0. The average Bonchev–Trinajstić information content (AvgIpc) is 3.05. The quantitative estimate of drug-likeness (QED) is 0.737. The predicted octanol–water partition coefficient (Wildman–Crippen LogP) is 4.19. The SMILES string of the molecule is C=CCN1CCCC12CCCN(C(=O)c1ccc(C)c(C)c1)C2.O=C(O)C(F)(F)F. The van der Waals surface area contributed by atoms with Gasteiger partial charge in [-0.3, -0.25) is 9.69 Å². The molecule has 166 valence electrons. The third-order valence-corrected chi connectivity index (χ3v) is 5.93. The van der Waals surface area contributed by atoms with Crippen molar-refractivity contribution >= 4 is 11.9 Å². The molecule has 2 aliphatic heterocycles. The van der Waals surface area contributed by atoms with E-state index in [4.69, 9.17) is 9.90 Å². The number of rotatable bonds is 3. The molecule has 2 fully saturated rings. The summed E-state index contributed by atoms with van der Waals surface area (Å²) in [6.45, 7) is 11.9. The molecule has 30 heavy (non-hydrogen) atoms. The fourth-order valence-electron chi connectivity index (χ4n) is 4.24. The topological polar surface area (TPSA) is 60.9 Å². The maximum absolute atomic E-state index is 13.0. The van der Waals surface area contributed by atoms with Crippen LogP contribution in [0.5, 0.6) is 0 Å². The van der Waals surface area contributed by atoms with Crippen LogP contribution >= 0.6 is 0 Å². The lowest BCUT2D eigenvalue weighted by Gasteiger charge is -2.46. The van der Waals surface area contributed by atoms with Gasteiger partial charge in [-0.15, -0.1) is 6.58 Å². The second-order valence-corrected chi connectivity index (χ2v) is 7.99. The van der Waals surface area contributed by atoms with Crippen LogP contribution in [0.2, 0.25) is 0 Å². The third kappa shape index (κ3) is 5.62. The number of nitrogens with zero attached hydrogens (tertiary/aromatic N) is 2. The van der Waals surface area contributed by atoms with Crippen LogP contribution in [0.4, 0.5) is 13.2 Å². The summed E-state index contributed by atoms with van der Waals surface area (Å²) >= 11 is 0. The molecule has 0 aromatic heterocycles. The van der Waals surface area contributed by atoms with Crippen molar-refractivity contribution in [1.29, 1.82) is 0 Å². The minimum atomic E-state index is -5.08. The van der Waals surface area contributed by atoms with Crippen LogP contribution in [-0.2, 0) is 4.79 Å². The van der Waals surface area contributed by atoms with Gasteiger partial charge in [0.05, 0.1) is 0 Å². The van der Waals surface area contributed by atoms with Crippen molar-refractivity contribution in [3.63, 3.8) is 0 Å². The van der Waals surface area contributed by atoms with Crippen molar-refractivity contribution in [3.8, 4) is 0 Å². The van der Waals surface area contributed by atoms with E-state index < -0.39 is 12.1 Å². The molecule has 0 bridgehead atoms. The zero-order chi connectivity index (χ0) is 22.5. The highest BCUT2D eigenvalue weighted by atomic mass is 19.4. The molecule has 1 aromatic rings. The van der Waals surface area contributed by atoms with Gasteiger partial charge in [-0.25, -0.2) is 4.79 Å². The molecule has 1 spiro atoms. The molecule has 0 radical (unpaired) electrons. The van der Waals surface area contributed by atoms with E-state index in [-0.39, 0.29) is 11.4 Å². The number of carboxylic acids is 1. The van der Waals surface area contributed by atoms with E-state index in [0.29, 0.717) is 0 Å². The van der Waals surface area contributed by atoms with Crippen LogP contribution in [0.1, 0.15) is 47.2 Å². The number of hydrogen-bond acceptors (Lipinski definition) is 3. The first kappa shape index (κ1) is 23.9. The Labute approximate surface area is 175 Å². The maximum Gasteiger partial charge on any atom is 0.490 e. The van der Waals surface area contributed by atoms with Gasteiger partial charge in [-0.05, 0) is 69.3 Å². The lowest BCUT2D eigenvalue weighted by molar-refractivity contribution is -0.192. The Morgan fingerprint density at radius 1 is 1.17 bits per heavy atom. The number of carbonyl (C=O) groups excluding carboxylic acids is 1. The lowest BCUT2D eigenvalue weighted by atomic mass is 9.86. The summed E-state index contributed by atoms with van der Waals surface area (Å²) in [6.07, 6.45) is 1.66. The monoisotopic (exact) mass is 426 g/mol. The summed E-state index contributed by atoms with van der Waals surface area (Å²) in [5.74, 6) is -2.56. The predicted molar refractivity (Wildman–Crippen MR) is 108 cm³/mol. The van der Waals surface area contributed by atoms with Crippen molar-refractivity contribution in [3.05, 3.63) is 47.5 Å². The van der Waals surface area contributed by atoms with Gasteiger partial charge < -0.3 is 10.0 Å². The van der Waals surface area contributed by atoms with Gasteiger partial charge in [0.1, 0.15) is 0 Å². The second kappa shape index (κ2) is 9.64. The molecule has 1 N–H and O–H groups in total. The molecule has 2 heterocycles. The summed E-state index contributed by atoms with van der Waals surface area (Å²) in [5, 5.41) is 7.12. The molecule has 8 heteroatoms. The van der Waals surface area contributed by atoms with E-state index in [2.05, 4.69) is 36.3 Å². The van der Waals surface area contributed by atoms with E-state index in [0.717, 1.165) is 38.2 Å². The first-order chi connectivity index (χ1) is 14.0. The number of alkyl halides is 3. The number of hydrogen-bond donors (Lipinski definition) is 1. The highest BCUT2D eigenvalue weighted by Crippen LogP contribution is 2.37. The van der Waals surface area contributed by atoms with Crippen LogP contribution in [0.15, 0.2) is 30.9 Å². The minimum absolute atomic E-state index is 0.182. The van der Waals surface area contributed by atoms with Gasteiger partial charge in [0.25, 0.3) is 5.91 Å². The van der Waals surface area contributed by atoms with E-state index >= 15 is 0 Å². The van der Waals surface area contributed by atoms with Crippen molar-refractivity contribution in [2.45, 2.75) is 51.2 Å². The number of piperidine rings is 1. The van der Waals surface area contributed by atoms with Crippen molar-refractivity contribution in [1.82, 2.24) is 9.80 Å². The summed E-state index contributed by atoms with van der Waals surface area (Å²) in [5.41, 5.74) is 3.45. The van der Waals surface area contributed by atoms with Gasteiger partial charge in [-0.1, -0.05) is 12.1 Å². The first-order valence-corrected chi connectivity index (χ1v) is 10.0. The van der Waals surface area contributed by atoms with E-state index in [1.807, 2.05) is 18.2 Å². The Hall–Kier alpha value is -2.35. The van der Waals surface area contributed by atoms with E-state index in [9.17, 15) is 18.0 Å². The van der Waals surface area contributed by atoms with Crippen LogP contribution in [0.25, 0.3) is 0 Å². The van der Waals surface area contributed by atoms with Crippen LogP contribution in [0, 0.1) is 13.8 Å². The molecule has 1 unspecified atom stereocenters. The zero-order valence-corrected chi connectivity index (χ0v) is 17.5. The molecular formula is C22H29F3N2O3. The van der Waals surface area contributed by atoms with Gasteiger partial charge in [-0.2, -0.15) is 13.2 Å². The molecule has 1 aromatic carbocycles. The molecule has 2 saturated heterocycles. The van der Waals surface area contributed by atoms with Gasteiger partial charge in [0.2, 0.25) is 0 Å². The largest absolute Gasteiger partial charge is 0.490 e. The molecule has 1 amide bonds. The average molecular weight is 426 g/mol. The zero-order valence-electron chi connectivity index (χ0n) is 17.5. The molecule has 0 saturated carbocycles. The second-order valence-electron chi connectivity index (χ2n) is 7.99. The summed E-state index contributed by atoms with van der Waals surface area (Å²) in [7, 11) is 0.